The van der Waals surface area contributed by atoms with Crippen LogP contribution in [0.25, 0.3) is 10.8 Å². The van der Waals surface area contributed by atoms with Crippen molar-refractivity contribution >= 4 is 80.1 Å². The molecule has 1 aliphatic carbocycles. The highest BCUT2D eigenvalue weighted by molar-refractivity contribution is 9.12. The third kappa shape index (κ3) is 4.40. The number of allylic oxidation sites excluding steroid dienone is 3. The fourth-order valence-corrected chi connectivity index (χ4v) is 6.30. The van der Waals surface area contributed by atoms with Crippen LogP contribution in [0.4, 0.5) is 11.4 Å². The maximum atomic E-state index is 11.9. The number of rotatable bonds is 4. The largest absolute Gasteiger partial charge is 0.305 e. The smallest absolute Gasteiger partial charge is 0.295 e. The van der Waals surface area contributed by atoms with Gasteiger partial charge in [-0.25, -0.2) is 0 Å². The van der Waals surface area contributed by atoms with Gasteiger partial charge in [0.05, 0.1) is 0 Å². The van der Waals surface area contributed by atoms with E-state index in [2.05, 4.69) is 68.4 Å². The number of hydrogen-bond donors (Lipinski definition) is 2. The highest BCUT2D eigenvalue weighted by Gasteiger charge is 2.21. The molecule has 0 radical (unpaired) electrons. The molecule has 0 aliphatic heterocycles. The zero-order valence-electron chi connectivity index (χ0n) is 13.9. The van der Waals surface area contributed by atoms with Gasteiger partial charge in [0.25, 0.3) is 10.1 Å². The molecule has 0 fully saturated rings. The third-order valence-corrected chi connectivity index (χ3v) is 6.66. The zero-order valence-corrected chi connectivity index (χ0v) is 19.5. The van der Waals surface area contributed by atoms with Crippen molar-refractivity contribution in [3.8, 4) is 0 Å². The van der Waals surface area contributed by atoms with E-state index in [9.17, 15) is 13.0 Å². The lowest BCUT2D eigenvalue weighted by molar-refractivity contribution is 0.484. The van der Waals surface area contributed by atoms with Crippen LogP contribution >= 0.6 is 47.8 Å². The van der Waals surface area contributed by atoms with Crippen LogP contribution in [-0.2, 0) is 10.1 Å². The average Bonchev–Trinajstić information content (AvgIpc) is 2.61. The van der Waals surface area contributed by atoms with Gasteiger partial charge in [-0.3, -0.25) is 4.55 Å². The Morgan fingerprint density at radius 1 is 1.11 bits per heavy atom. The summed E-state index contributed by atoms with van der Waals surface area (Å²) in [7, 11) is -4.51. The lowest BCUT2D eigenvalue weighted by Crippen LogP contribution is -2.02. The van der Waals surface area contributed by atoms with E-state index in [-0.39, 0.29) is 26.5 Å². The minimum atomic E-state index is -4.51. The first-order chi connectivity index (χ1) is 13.2. The molecule has 0 amide bonds. The molecule has 146 valence electrons. The van der Waals surface area contributed by atoms with Crippen molar-refractivity contribution in [2.24, 2.45) is 26.4 Å². The van der Waals surface area contributed by atoms with E-state index in [0.717, 1.165) is 4.48 Å². The summed E-state index contributed by atoms with van der Waals surface area (Å²) in [6.07, 6.45) is 2.59. The highest BCUT2D eigenvalue weighted by atomic mass is 79.9. The van der Waals surface area contributed by atoms with Gasteiger partial charge in [0, 0.05) is 24.6 Å². The molecular weight excluding hydrogens is 582 g/mol. The van der Waals surface area contributed by atoms with Crippen molar-refractivity contribution in [2.45, 2.75) is 16.1 Å². The lowest BCUT2D eigenvalue weighted by Gasteiger charge is -2.14. The lowest BCUT2D eigenvalue weighted by atomic mass is 10.1. The molecule has 8 nitrogen and oxygen atoms in total. The first-order valence-corrected chi connectivity index (χ1v) is 11.6. The predicted molar refractivity (Wildman–Crippen MR) is 117 cm³/mol. The number of azo groups is 1. The monoisotopic (exact) mass is 591 g/mol. The second-order valence-corrected chi connectivity index (χ2v) is 10.0. The van der Waals surface area contributed by atoms with Gasteiger partial charge in [0.1, 0.15) is 22.0 Å². The molecule has 2 aromatic rings. The predicted octanol–water partition coefficient (Wildman–Crippen LogP) is 6.18. The quantitative estimate of drug-likeness (QED) is 0.144. The van der Waals surface area contributed by atoms with Gasteiger partial charge in [0.15, 0.2) is 0 Å². The molecule has 0 bridgehead atoms. The summed E-state index contributed by atoms with van der Waals surface area (Å²) < 4.78 is 34.9. The summed E-state index contributed by atoms with van der Waals surface area (Å²) in [6, 6.07) is 7.71. The summed E-state index contributed by atoms with van der Waals surface area (Å²) >= 11 is 10.4. The van der Waals surface area contributed by atoms with E-state index in [0.29, 0.717) is 22.0 Å². The van der Waals surface area contributed by atoms with Crippen molar-refractivity contribution < 1.29 is 13.0 Å². The fraction of sp³-hybridized carbons (Fsp3) is 0.125. The average molecular weight is 594 g/mol. The van der Waals surface area contributed by atoms with E-state index in [1.807, 2.05) is 6.08 Å². The van der Waals surface area contributed by atoms with Gasteiger partial charge < -0.3 is 5.84 Å². The Hall–Kier alpha value is -1.47. The van der Waals surface area contributed by atoms with Crippen LogP contribution in [-0.4, -0.2) is 17.8 Å². The van der Waals surface area contributed by atoms with E-state index in [4.69, 9.17) is 5.84 Å². The summed E-state index contributed by atoms with van der Waals surface area (Å²) in [5, 5.41) is 16.3. The summed E-state index contributed by atoms with van der Waals surface area (Å²) in [5.41, 5.74) is 0.878. The number of alkyl halides is 1. The van der Waals surface area contributed by atoms with Crippen molar-refractivity contribution in [3.63, 3.8) is 0 Å². The van der Waals surface area contributed by atoms with Crippen molar-refractivity contribution in [1.82, 2.24) is 0 Å². The van der Waals surface area contributed by atoms with Crippen LogP contribution in [0.2, 0.25) is 0 Å². The Balaban J connectivity index is 2.25. The maximum Gasteiger partial charge on any atom is 0.295 e. The second kappa shape index (κ2) is 8.49. The number of nitrogens with zero attached hydrogens (tertiary/aromatic N) is 4. The van der Waals surface area contributed by atoms with E-state index in [1.54, 1.807) is 24.3 Å². The molecule has 0 spiro atoms. The number of hydrogen-bond acceptors (Lipinski definition) is 6. The normalized spacial score (nSPS) is 18.4. The minimum Gasteiger partial charge on any atom is -0.305 e. The van der Waals surface area contributed by atoms with Crippen LogP contribution in [0.3, 0.4) is 0 Å². The maximum absolute atomic E-state index is 11.9. The van der Waals surface area contributed by atoms with Crippen LogP contribution in [0, 0.1) is 0 Å². The molecule has 0 saturated heterocycles. The Kier molecular flexibility index (Phi) is 6.44. The van der Waals surface area contributed by atoms with E-state index >= 15 is 0 Å². The van der Waals surface area contributed by atoms with Gasteiger partial charge in [0.2, 0.25) is 0 Å². The molecule has 0 aromatic heterocycles. The summed E-state index contributed by atoms with van der Waals surface area (Å²) in [4.78, 5) is -0.163. The first kappa shape index (κ1) is 21.2. The summed E-state index contributed by atoms with van der Waals surface area (Å²) in [5.74, 6) is 5.22. The van der Waals surface area contributed by atoms with Crippen LogP contribution in [0.5, 0.6) is 0 Å². The number of benzene rings is 2. The molecule has 0 heterocycles. The molecule has 3 rings (SSSR count). The van der Waals surface area contributed by atoms with Gasteiger partial charge >= 0.3 is 0 Å². The molecule has 28 heavy (non-hydrogen) atoms. The molecular formula is C16H12Br3N5O3S. The van der Waals surface area contributed by atoms with Gasteiger partial charge in [-0.15, -0.1) is 15.3 Å². The Labute approximate surface area is 185 Å². The van der Waals surface area contributed by atoms with Crippen molar-refractivity contribution in [2.75, 3.05) is 0 Å². The summed E-state index contributed by atoms with van der Waals surface area (Å²) in [6.45, 7) is 0. The number of nitrogens with two attached hydrogens (primary N) is 1. The minimum absolute atomic E-state index is 0.0922. The fourth-order valence-electron chi connectivity index (χ4n) is 2.67. The topological polar surface area (TPSA) is 130 Å². The number of fused-ring (bicyclic) bond motifs is 1. The highest BCUT2D eigenvalue weighted by Crippen LogP contribution is 2.42. The molecule has 3 N–H and O–H groups in total. The van der Waals surface area contributed by atoms with E-state index < -0.39 is 10.1 Å². The van der Waals surface area contributed by atoms with Crippen molar-refractivity contribution in [1.29, 1.82) is 0 Å². The Morgan fingerprint density at radius 2 is 1.79 bits per heavy atom. The second-order valence-electron chi connectivity index (χ2n) is 5.67. The standard InChI is InChI=1S/C16H12Br3N5O3S/c17-8-5-11(18)16(12(19)6-8)22-21-13-7-14(28(25,26)27)9-3-1-2-4-10(9)15(13)23-24-20/h1-5,7-8H,6H2,(H2,20,23)(H,25,26,27)/b22-21+. The molecule has 12 heteroatoms. The molecule has 1 aliphatic rings. The molecule has 1 atom stereocenters. The van der Waals surface area contributed by atoms with E-state index in [1.165, 1.54) is 6.07 Å². The first-order valence-electron chi connectivity index (χ1n) is 7.68. The van der Waals surface area contributed by atoms with Crippen LogP contribution < -0.4 is 5.84 Å². The van der Waals surface area contributed by atoms with Gasteiger partial charge in [-0.2, -0.15) is 8.42 Å². The van der Waals surface area contributed by atoms with Crippen molar-refractivity contribution in [3.05, 3.63) is 51.1 Å². The Bertz CT molecular complexity index is 1180. The van der Waals surface area contributed by atoms with Gasteiger partial charge in [-0.1, -0.05) is 67.4 Å². The third-order valence-electron chi connectivity index (χ3n) is 3.84. The molecule has 1 unspecified atom stereocenters. The number of halogens is 3. The Morgan fingerprint density at radius 3 is 2.39 bits per heavy atom. The molecule has 0 saturated carbocycles. The van der Waals surface area contributed by atoms with Crippen LogP contribution in [0.15, 0.2) is 76.5 Å². The molecule has 2 aromatic carbocycles. The van der Waals surface area contributed by atoms with Crippen LogP contribution in [0.1, 0.15) is 6.42 Å². The zero-order chi connectivity index (χ0) is 20.5. The van der Waals surface area contributed by atoms with Gasteiger partial charge in [-0.05, 0) is 28.4 Å². The SMILES string of the molecule is NN=Nc1c(/N=N/C2=C(Br)CC(Br)C=C2Br)cc(S(=O)(=O)O)c2ccccc12.